The highest BCUT2D eigenvalue weighted by Gasteiger charge is 2.55. The topological polar surface area (TPSA) is 96.4 Å². The van der Waals surface area contributed by atoms with Gasteiger partial charge in [-0.05, 0) is 5.56 Å². The van der Waals surface area contributed by atoms with Gasteiger partial charge in [0, 0.05) is 30.0 Å². The average Bonchev–Trinajstić information content (AvgIpc) is 2.67. The predicted molar refractivity (Wildman–Crippen MR) is 106 cm³/mol. The Morgan fingerprint density at radius 1 is 1.18 bits per heavy atom. The van der Waals surface area contributed by atoms with E-state index in [1.54, 1.807) is 30.3 Å². The van der Waals surface area contributed by atoms with E-state index in [0.29, 0.717) is 11.1 Å². The van der Waals surface area contributed by atoms with Crippen molar-refractivity contribution in [3.8, 4) is 6.07 Å². The second-order valence-corrected chi connectivity index (χ2v) is 8.49. The molecule has 2 atom stereocenters. The maximum atomic E-state index is 11.0. The van der Waals surface area contributed by atoms with Gasteiger partial charge in [0.1, 0.15) is 5.76 Å². The van der Waals surface area contributed by atoms with Gasteiger partial charge in [-0.1, -0.05) is 77.3 Å². The van der Waals surface area contributed by atoms with Crippen LogP contribution in [-0.4, -0.2) is 19.6 Å². The third kappa shape index (κ3) is 3.80. The van der Waals surface area contributed by atoms with E-state index >= 15 is 0 Å². The van der Waals surface area contributed by atoms with Crippen LogP contribution in [0.15, 0.2) is 60.2 Å². The molecule has 0 saturated carbocycles. The summed E-state index contributed by atoms with van der Waals surface area (Å²) < 4.78 is 3.45. The van der Waals surface area contributed by atoms with E-state index in [9.17, 15) is 20.5 Å². The van der Waals surface area contributed by atoms with Crippen LogP contribution in [0.5, 0.6) is 0 Å². The number of nitriles is 1. The molecule has 0 saturated heterocycles. The van der Waals surface area contributed by atoms with Crippen molar-refractivity contribution in [2.24, 2.45) is 0 Å². The summed E-state index contributed by atoms with van der Waals surface area (Å²) in [5.41, 5.74) is 1.20. The van der Waals surface area contributed by atoms with Crippen LogP contribution in [0.25, 0.3) is 5.76 Å². The van der Waals surface area contributed by atoms with Crippen molar-refractivity contribution in [1.82, 2.24) is 0 Å². The number of rotatable bonds is 3. The number of hydrogen-bond donors (Lipinski definition) is 1. The molecule has 1 aliphatic heterocycles. The summed E-state index contributed by atoms with van der Waals surface area (Å²) in [6.07, 6.45) is -0.222. The molecular formula is C19H13Cl3N2O4. The molecule has 1 heterocycles. The molecule has 0 unspecified atom stereocenters. The van der Waals surface area contributed by atoms with Crippen LogP contribution in [0, 0.1) is 21.4 Å². The summed E-state index contributed by atoms with van der Waals surface area (Å²) in [5.74, 6) is -2.82. The minimum Gasteiger partial charge on any atom is -0.456 e. The predicted octanol–water partition coefficient (Wildman–Crippen LogP) is 5.09. The Morgan fingerprint density at radius 2 is 1.79 bits per heavy atom. The summed E-state index contributed by atoms with van der Waals surface area (Å²) in [6, 6.07) is 16.4. The molecule has 0 spiro atoms. The molecule has 2 aromatic rings. The minimum atomic E-state index is -2.21. The van der Waals surface area contributed by atoms with Gasteiger partial charge in [-0.25, -0.2) is 0 Å². The Kier molecular flexibility index (Phi) is 5.55. The average molecular weight is 440 g/mol. The molecule has 0 fully saturated rings. The first-order valence-electron chi connectivity index (χ1n) is 8.08. The van der Waals surface area contributed by atoms with Gasteiger partial charge in [-0.15, -0.1) is 0 Å². The third-order valence-corrected chi connectivity index (χ3v) is 5.34. The number of non-ortho nitro benzene ring substituents is 1. The zero-order valence-corrected chi connectivity index (χ0v) is 16.4. The maximum Gasteiger partial charge on any atom is 0.269 e. The van der Waals surface area contributed by atoms with Crippen molar-refractivity contribution in [1.29, 1.82) is 5.26 Å². The van der Waals surface area contributed by atoms with Crippen molar-refractivity contribution in [3.63, 3.8) is 0 Å². The fraction of sp³-hybridized carbons (Fsp3) is 0.211. The van der Waals surface area contributed by atoms with Gasteiger partial charge >= 0.3 is 0 Å². The minimum absolute atomic E-state index is 0.0894. The highest BCUT2D eigenvalue weighted by Crippen LogP contribution is 2.52. The van der Waals surface area contributed by atoms with E-state index in [0.717, 1.165) is 0 Å². The monoisotopic (exact) mass is 438 g/mol. The van der Waals surface area contributed by atoms with Crippen molar-refractivity contribution < 1.29 is 14.8 Å². The Labute approximate surface area is 175 Å². The number of alkyl halides is 3. The van der Waals surface area contributed by atoms with Gasteiger partial charge in [0.25, 0.3) is 15.3 Å². The molecule has 0 bridgehead atoms. The lowest BCUT2D eigenvalue weighted by Gasteiger charge is -2.42. The Morgan fingerprint density at radius 3 is 2.29 bits per heavy atom. The van der Waals surface area contributed by atoms with Crippen molar-refractivity contribution >= 4 is 46.2 Å². The van der Waals surface area contributed by atoms with E-state index in [1.165, 1.54) is 24.3 Å². The molecule has 0 aromatic heterocycles. The number of nitro groups is 1. The van der Waals surface area contributed by atoms with Gasteiger partial charge in [0.2, 0.25) is 0 Å². The molecule has 1 N–H and O–H groups in total. The number of nitrogens with zero attached hydrogens (tertiary/aromatic N) is 2. The fourth-order valence-electron chi connectivity index (χ4n) is 3.02. The summed E-state index contributed by atoms with van der Waals surface area (Å²) in [6.45, 7) is 0. The maximum absolute atomic E-state index is 11.0. The number of benzene rings is 2. The molecule has 0 aliphatic carbocycles. The molecule has 6 nitrogen and oxygen atoms in total. The second kappa shape index (κ2) is 7.61. The first-order chi connectivity index (χ1) is 13.2. The van der Waals surface area contributed by atoms with E-state index < -0.39 is 20.4 Å². The lowest BCUT2D eigenvalue weighted by molar-refractivity contribution is -0.384. The van der Waals surface area contributed by atoms with Crippen LogP contribution in [0.4, 0.5) is 5.69 Å². The number of hydrogen-bond acceptors (Lipinski definition) is 5. The highest BCUT2D eigenvalue weighted by molar-refractivity contribution is 6.68. The Bertz CT molecular complexity index is 965. The highest BCUT2D eigenvalue weighted by atomic mass is 35.6. The lowest BCUT2D eigenvalue weighted by Crippen LogP contribution is -2.48. The molecule has 3 rings (SSSR count). The van der Waals surface area contributed by atoms with Crippen LogP contribution in [-0.2, 0) is 4.74 Å². The number of allylic oxidation sites excluding steroid dienone is 1. The van der Waals surface area contributed by atoms with Gasteiger partial charge < -0.3 is 9.84 Å². The van der Waals surface area contributed by atoms with Crippen molar-refractivity contribution in [2.45, 2.75) is 21.9 Å². The van der Waals surface area contributed by atoms with Crippen LogP contribution in [0.2, 0.25) is 0 Å². The van der Waals surface area contributed by atoms with Crippen molar-refractivity contribution in [2.75, 3.05) is 0 Å². The SMILES string of the molecule is N#CC1=C(c2ccccc2)O[C@](O)(C(Cl)(Cl)Cl)C[C@@H]1c1ccc([N+](=O)[O-])cc1. The van der Waals surface area contributed by atoms with Gasteiger partial charge in [0.15, 0.2) is 0 Å². The summed E-state index contributed by atoms with van der Waals surface area (Å²) in [4.78, 5) is 10.4. The zero-order valence-electron chi connectivity index (χ0n) is 14.2. The largest absolute Gasteiger partial charge is 0.456 e. The third-order valence-electron chi connectivity index (χ3n) is 4.45. The normalized spacial score (nSPS) is 22.3. The van der Waals surface area contributed by atoms with Gasteiger partial charge in [-0.2, -0.15) is 5.26 Å². The Hall–Kier alpha value is -2.30. The first-order valence-corrected chi connectivity index (χ1v) is 9.22. The van der Waals surface area contributed by atoms with Crippen LogP contribution < -0.4 is 0 Å². The summed E-state index contributed by atoms with van der Waals surface area (Å²) in [7, 11) is 0. The second-order valence-electron chi connectivity index (χ2n) is 6.21. The van der Waals surface area contributed by atoms with Gasteiger partial charge in [0.05, 0.1) is 16.6 Å². The molecular weight excluding hydrogens is 427 g/mol. The van der Waals surface area contributed by atoms with Crippen LogP contribution >= 0.6 is 34.8 Å². The van der Waals surface area contributed by atoms with Gasteiger partial charge in [-0.3, -0.25) is 10.1 Å². The number of aliphatic hydroxyl groups is 1. The first kappa shape index (κ1) is 20.4. The smallest absolute Gasteiger partial charge is 0.269 e. The molecule has 144 valence electrons. The lowest BCUT2D eigenvalue weighted by atomic mass is 9.82. The number of halogens is 3. The molecule has 28 heavy (non-hydrogen) atoms. The molecule has 9 heteroatoms. The summed E-state index contributed by atoms with van der Waals surface area (Å²) >= 11 is 17.9. The zero-order chi connectivity index (χ0) is 20.5. The van der Waals surface area contributed by atoms with E-state index in [1.807, 2.05) is 0 Å². The van der Waals surface area contributed by atoms with Crippen LogP contribution in [0.1, 0.15) is 23.5 Å². The summed E-state index contributed by atoms with van der Waals surface area (Å²) in [5, 5.41) is 31.7. The van der Waals surface area contributed by atoms with E-state index in [-0.39, 0.29) is 23.4 Å². The molecule has 0 amide bonds. The molecule has 1 aliphatic rings. The fourth-order valence-corrected chi connectivity index (χ4v) is 3.37. The Balaban J connectivity index is 2.18. The quantitative estimate of drug-likeness (QED) is 0.408. The molecule has 2 aromatic carbocycles. The number of nitro benzene ring substituents is 1. The standard InChI is InChI=1S/C19H13Cl3N2O4/c20-19(21,22)18(25)10-15(12-6-8-14(9-7-12)24(26)27)16(11-23)17(28-18)13-4-2-1-3-5-13/h1-9,15,25H,10H2/t15-,18+/m1/s1. The molecule has 0 radical (unpaired) electrons. The van der Waals surface area contributed by atoms with E-state index in [4.69, 9.17) is 39.5 Å². The van der Waals surface area contributed by atoms with E-state index in [2.05, 4.69) is 6.07 Å². The van der Waals surface area contributed by atoms with Crippen molar-refractivity contribution in [3.05, 3.63) is 81.4 Å². The van der Waals surface area contributed by atoms with Crippen LogP contribution in [0.3, 0.4) is 0 Å². The number of ether oxygens (including phenoxy) is 1.